The van der Waals surface area contributed by atoms with Crippen LogP contribution in [0.3, 0.4) is 0 Å². The lowest BCUT2D eigenvalue weighted by Gasteiger charge is -2.06. The molecular formula is C19H22O4. The van der Waals surface area contributed by atoms with Crippen molar-refractivity contribution in [1.82, 2.24) is 0 Å². The molecule has 0 unspecified atom stereocenters. The lowest BCUT2D eigenvalue weighted by Crippen LogP contribution is -2.20. The number of hydrogen-bond acceptors (Lipinski definition) is 2. The van der Waals surface area contributed by atoms with E-state index < -0.39 is 17.9 Å². The van der Waals surface area contributed by atoms with Crippen LogP contribution < -0.4 is 0 Å². The highest BCUT2D eigenvalue weighted by molar-refractivity contribution is 5.98. The van der Waals surface area contributed by atoms with Gasteiger partial charge in [0.05, 0.1) is 0 Å². The molecule has 0 aliphatic heterocycles. The minimum Gasteiger partial charge on any atom is -0.480 e. The van der Waals surface area contributed by atoms with E-state index in [1.54, 1.807) is 18.2 Å². The second kappa shape index (κ2) is 9.41. The fourth-order valence-corrected chi connectivity index (χ4v) is 2.28. The van der Waals surface area contributed by atoms with Crippen LogP contribution in [0.15, 0.2) is 54.6 Å². The van der Waals surface area contributed by atoms with E-state index in [4.69, 9.17) is 10.2 Å². The van der Waals surface area contributed by atoms with Gasteiger partial charge in [0.25, 0.3) is 0 Å². The van der Waals surface area contributed by atoms with Gasteiger partial charge >= 0.3 is 11.9 Å². The van der Waals surface area contributed by atoms with Crippen LogP contribution in [0.25, 0.3) is 0 Å². The van der Waals surface area contributed by atoms with Crippen LogP contribution in [0.2, 0.25) is 0 Å². The average Bonchev–Trinajstić information content (AvgIpc) is 2.55. The van der Waals surface area contributed by atoms with E-state index in [0.29, 0.717) is 0 Å². The molecule has 0 atom stereocenters. The van der Waals surface area contributed by atoms with E-state index in [1.165, 1.54) is 23.3 Å². The van der Waals surface area contributed by atoms with E-state index >= 15 is 0 Å². The number of carboxylic acid groups (broad SMARTS) is 2. The summed E-state index contributed by atoms with van der Waals surface area (Å²) in [4.78, 5) is 21.1. The summed E-state index contributed by atoms with van der Waals surface area (Å²) >= 11 is 0. The highest BCUT2D eigenvalue weighted by Crippen LogP contribution is 2.15. The Bertz CT molecular complexity index is 598. The molecular weight excluding hydrogens is 292 g/mol. The standard InChI is InChI=1S/C10H14.C9H8O4/c1-3-9-7-5-6-8-10(9)4-2;10-8(11)7(9(12)13)6-4-2-1-3-5-6/h5-8H,3-4H2,1-2H3;1-5,7H,(H,10,11)(H,12,13). The van der Waals surface area contributed by atoms with Crippen molar-refractivity contribution < 1.29 is 19.8 Å². The van der Waals surface area contributed by atoms with Crippen molar-refractivity contribution in [3.63, 3.8) is 0 Å². The molecule has 2 N–H and O–H groups in total. The van der Waals surface area contributed by atoms with Gasteiger partial charge in [0.1, 0.15) is 0 Å². The maximum atomic E-state index is 10.6. The molecule has 4 heteroatoms. The van der Waals surface area contributed by atoms with E-state index in [1.807, 2.05) is 0 Å². The van der Waals surface area contributed by atoms with Crippen LogP contribution in [-0.2, 0) is 22.4 Å². The van der Waals surface area contributed by atoms with Gasteiger partial charge in [-0.2, -0.15) is 0 Å². The zero-order chi connectivity index (χ0) is 17.2. The molecule has 0 heterocycles. The minimum atomic E-state index is -1.47. The lowest BCUT2D eigenvalue weighted by molar-refractivity contribution is -0.150. The van der Waals surface area contributed by atoms with Crippen LogP contribution in [0.1, 0.15) is 36.5 Å². The van der Waals surface area contributed by atoms with E-state index in [-0.39, 0.29) is 5.56 Å². The topological polar surface area (TPSA) is 74.6 Å². The van der Waals surface area contributed by atoms with Crippen molar-refractivity contribution in [1.29, 1.82) is 0 Å². The molecule has 4 nitrogen and oxygen atoms in total. The van der Waals surface area contributed by atoms with Crippen molar-refractivity contribution >= 4 is 11.9 Å². The summed E-state index contributed by atoms with van der Waals surface area (Å²) < 4.78 is 0. The molecule has 0 saturated carbocycles. The number of hydrogen-bond donors (Lipinski definition) is 2. The number of carboxylic acids is 2. The van der Waals surface area contributed by atoms with Crippen molar-refractivity contribution in [2.75, 3.05) is 0 Å². The summed E-state index contributed by atoms with van der Waals surface area (Å²) in [6, 6.07) is 16.5. The van der Waals surface area contributed by atoms with Gasteiger partial charge in [-0.1, -0.05) is 68.4 Å². The number of rotatable bonds is 5. The fraction of sp³-hybridized carbons (Fsp3) is 0.263. The summed E-state index contributed by atoms with van der Waals surface area (Å²) in [7, 11) is 0. The van der Waals surface area contributed by atoms with Crippen molar-refractivity contribution in [2.45, 2.75) is 32.6 Å². The number of benzene rings is 2. The van der Waals surface area contributed by atoms with E-state index in [2.05, 4.69) is 38.1 Å². The summed E-state index contributed by atoms with van der Waals surface area (Å²) in [6.45, 7) is 4.41. The molecule has 0 aromatic heterocycles. The largest absolute Gasteiger partial charge is 0.480 e. The Labute approximate surface area is 136 Å². The first kappa shape index (κ1) is 18.4. The van der Waals surface area contributed by atoms with Crippen LogP contribution in [0.5, 0.6) is 0 Å². The molecule has 0 bridgehead atoms. The van der Waals surface area contributed by atoms with Crippen LogP contribution in [0, 0.1) is 0 Å². The molecule has 0 spiro atoms. The van der Waals surface area contributed by atoms with Gasteiger partial charge in [0, 0.05) is 0 Å². The highest BCUT2D eigenvalue weighted by Gasteiger charge is 2.27. The first-order valence-electron chi connectivity index (χ1n) is 7.58. The van der Waals surface area contributed by atoms with Crippen LogP contribution in [-0.4, -0.2) is 22.2 Å². The average molecular weight is 314 g/mol. The number of carbonyl (C=O) groups is 2. The molecule has 0 radical (unpaired) electrons. The van der Waals surface area contributed by atoms with Gasteiger partial charge in [-0.3, -0.25) is 9.59 Å². The first-order chi connectivity index (χ1) is 11.0. The van der Waals surface area contributed by atoms with Crippen LogP contribution in [0.4, 0.5) is 0 Å². The summed E-state index contributed by atoms with van der Waals surface area (Å²) in [6.07, 6.45) is 2.31. The zero-order valence-electron chi connectivity index (χ0n) is 13.4. The second-order valence-electron chi connectivity index (χ2n) is 5.00. The monoisotopic (exact) mass is 314 g/mol. The van der Waals surface area contributed by atoms with Gasteiger partial charge in [-0.25, -0.2) is 0 Å². The Balaban J connectivity index is 0.000000238. The third-order valence-electron chi connectivity index (χ3n) is 3.51. The second-order valence-corrected chi connectivity index (χ2v) is 5.00. The van der Waals surface area contributed by atoms with Crippen molar-refractivity contribution in [2.24, 2.45) is 0 Å². The predicted molar refractivity (Wildman–Crippen MR) is 89.7 cm³/mol. The Morgan fingerprint density at radius 1 is 0.783 bits per heavy atom. The molecule has 122 valence electrons. The Kier molecular flexibility index (Phi) is 7.54. The molecule has 2 aromatic carbocycles. The molecule has 23 heavy (non-hydrogen) atoms. The highest BCUT2D eigenvalue weighted by atomic mass is 16.4. The number of aryl methyl sites for hydroxylation is 2. The third-order valence-corrected chi connectivity index (χ3v) is 3.51. The van der Waals surface area contributed by atoms with Gasteiger partial charge in [-0.15, -0.1) is 0 Å². The van der Waals surface area contributed by atoms with Gasteiger partial charge < -0.3 is 10.2 Å². The SMILES string of the molecule is CCc1ccccc1CC.O=C(O)C(C(=O)O)c1ccccc1. The normalized spacial score (nSPS) is 9.87. The molecule has 0 fully saturated rings. The Morgan fingerprint density at radius 3 is 1.52 bits per heavy atom. The molecule has 0 amide bonds. The predicted octanol–water partition coefficient (Wildman–Crippen LogP) is 3.75. The van der Waals surface area contributed by atoms with Gasteiger partial charge in [-0.05, 0) is 29.5 Å². The molecule has 0 saturated heterocycles. The van der Waals surface area contributed by atoms with Gasteiger partial charge in [0.2, 0.25) is 0 Å². The van der Waals surface area contributed by atoms with Crippen molar-refractivity contribution in [3.05, 3.63) is 71.3 Å². The zero-order valence-corrected chi connectivity index (χ0v) is 13.4. The van der Waals surface area contributed by atoms with E-state index in [9.17, 15) is 9.59 Å². The lowest BCUT2D eigenvalue weighted by atomic mass is 10.00. The maximum Gasteiger partial charge on any atom is 0.322 e. The fourth-order valence-electron chi connectivity index (χ4n) is 2.28. The quantitative estimate of drug-likeness (QED) is 0.824. The van der Waals surface area contributed by atoms with Crippen LogP contribution >= 0.6 is 0 Å². The Hall–Kier alpha value is -2.62. The molecule has 2 rings (SSSR count). The maximum absolute atomic E-state index is 10.6. The summed E-state index contributed by atoms with van der Waals surface area (Å²) in [5.41, 5.74) is 3.26. The number of aliphatic carboxylic acids is 2. The first-order valence-corrected chi connectivity index (χ1v) is 7.58. The van der Waals surface area contributed by atoms with Gasteiger partial charge in [0.15, 0.2) is 5.92 Å². The smallest absolute Gasteiger partial charge is 0.322 e. The summed E-state index contributed by atoms with van der Waals surface area (Å²) in [5, 5.41) is 17.2. The van der Waals surface area contributed by atoms with Crippen molar-refractivity contribution in [3.8, 4) is 0 Å². The molecule has 0 aliphatic carbocycles. The summed E-state index contributed by atoms with van der Waals surface area (Å²) in [5.74, 6) is -4.17. The van der Waals surface area contributed by atoms with E-state index in [0.717, 1.165) is 12.8 Å². The molecule has 0 aliphatic rings. The third kappa shape index (κ3) is 5.58. The molecule has 2 aromatic rings. The Morgan fingerprint density at radius 2 is 1.17 bits per heavy atom. The minimum absolute atomic E-state index is 0.280.